The summed E-state index contributed by atoms with van der Waals surface area (Å²) in [5.74, 6) is -2.08. The average Bonchev–Trinajstić information content (AvgIpc) is 3.04. The van der Waals surface area contributed by atoms with Crippen LogP contribution in [0.25, 0.3) is 0 Å². The van der Waals surface area contributed by atoms with Gasteiger partial charge in [0.15, 0.2) is 0 Å². The fraction of sp³-hybridized carbons (Fsp3) is 0.545. The van der Waals surface area contributed by atoms with Crippen LogP contribution in [0.1, 0.15) is 33.6 Å². The summed E-state index contributed by atoms with van der Waals surface area (Å²) in [4.78, 5) is 50.5. The van der Waals surface area contributed by atoms with E-state index in [2.05, 4.69) is 20.7 Å². The average molecular weight is 492 g/mol. The Bertz CT molecular complexity index is 940. The Labute approximate surface area is 201 Å². The van der Waals surface area contributed by atoms with E-state index in [0.29, 0.717) is 43.9 Å². The molecule has 4 amide bonds. The molecule has 3 aliphatic heterocycles. The van der Waals surface area contributed by atoms with Crippen LogP contribution in [0.15, 0.2) is 18.2 Å². The van der Waals surface area contributed by atoms with Crippen LogP contribution in [0.3, 0.4) is 0 Å². The Hall–Kier alpha value is -2.51. The van der Waals surface area contributed by atoms with Gasteiger partial charge in [0.25, 0.3) is 11.8 Å². The van der Waals surface area contributed by atoms with Gasteiger partial charge in [0.1, 0.15) is 6.04 Å². The van der Waals surface area contributed by atoms with E-state index in [4.69, 9.17) is 9.47 Å². The van der Waals surface area contributed by atoms with Crippen molar-refractivity contribution in [3.05, 3.63) is 29.3 Å². The maximum atomic E-state index is 13.0. The van der Waals surface area contributed by atoms with Gasteiger partial charge >= 0.3 is 0 Å². The van der Waals surface area contributed by atoms with Crippen LogP contribution in [0.2, 0.25) is 0 Å². The molecule has 0 aliphatic carbocycles. The largest absolute Gasteiger partial charge is 0.382 e. The van der Waals surface area contributed by atoms with Crippen LogP contribution in [0.4, 0.5) is 5.69 Å². The second-order valence-corrected chi connectivity index (χ2v) is 9.31. The molecule has 0 spiro atoms. The first-order chi connectivity index (χ1) is 16.6. The van der Waals surface area contributed by atoms with Crippen molar-refractivity contribution in [1.29, 1.82) is 0 Å². The van der Waals surface area contributed by atoms with Gasteiger partial charge in [0, 0.05) is 43.5 Å². The van der Waals surface area contributed by atoms with Crippen molar-refractivity contribution < 1.29 is 28.7 Å². The van der Waals surface area contributed by atoms with Crippen LogP contribution in [-0.4, -0.2) is 92.4 Å². The van der Waals surface area contributed by atoms with Gasteiger partial charge in [-0.2, -0.15) is 0 Å². The number of imide groups is 2. The van der Waals surface area contributed by atoms with Crippen LogP contribution < -0.4 is 20.7 Å². The predicted molar refractivity (Wildman–Crippen MR) is 125 cm³/mol. The molecule has 2 fully saturated rings. The molecule has 1 aromatic carbocycles. The van der Waals surface area contributed by atoms with E-state index < -0.39 is 29.7 Å². The normalized spacial score (nSPS) is 20.4. The molecule has 1 aromatic rings. The highest BCUT2D eigenvalue weighted by Crippen LogP contribution is 2.32. The maximum Gasteiger partial charge on any atom is 0.264 e. The quantitative estimate of drug-likeness (QED) is 0.166. The molecule has 1 unspecified atom stereocenters. The molecule has 0 saturated carbocycles. The van der Waals surface area contributed by atoms with Gasteiger partial charge in [-0.1, -0.05) is 18.0 Å². The van der Waals surface area contributed by atoms with E-state index in [9.17, 15) is 19.2 Å². The second-order valence-electron chi connectivity index (χ2n) is 8.12. The summed E-state index contributed by atoms with van der Waals surface area (Å²) in [6, 6.07) is 3.98. The number of carbonyl (C=O) groups is 4. The number of benzene rings is 1. The molecule has 0 bridgehead atoms. The van der Waals surface area contributed by atoms with E-state index in [-0.39, 0.29) is 24.0 Å². The van der Waals surface area contributed by atoms with E-state index in [1.165, 1.54) is 0 Å². The topological polar surface area (TPSA) is 138 Å². The third-order valence-electron chi connectivity index (χ3n) is 5.74. The van der Waals surface area contributed by atoms with Gasteiger partial charge in [-0.05, 0) is 18.6 Å². The van der Waals surface area contributed by atoms with Gasteiger partial charge < -0.3 is 20.1 Å². The Morgan fingerprint density at radius 3 is 2.47 bits per heavy atom. The van der Waals surface area contributed by atoms with Crippen molar-refractivity contribution in [2.24, 2.45) is 0 Å². The van der Waals surface area contributed by atoms with Crippen molar-refractivity contribution in [1.82, 2.24) is 20.3 Å². The first-order valence-electron chi connectivity index (χ1n) is 11.4. The van der Waals surface area contributed by atoms with Gasteiger partial charge in [-0.15, -0.1) is 0 Å². The lowest BCUT2D eigenvalue weighted by atomic mass is 10.0. The molecular weight excluding hydrogens is 462 g/mol. The first kappa shape index (κ1) is 24.6. The summed E-state index contributed by atoms with van der Waals surface area (Å²) in [6.45, 7) is 5.28. The molecule has 4 N–H and O–H groups in total. The zero-order valence-electron chi connectivity index (χ0n) is 18.8. The van der Waals surface area contributed by atoms with Gasteiger partial charge in [-0.3, -0.25) is 34.1 Å². The lowest BCUT2D eigenvalue weighted by molar-refractivity contribution is -0.136. The highest BCUT2D eigenvalue weighted by Gasteiger charge is 2.45. The van der Waals surface area contributed by atoms with Crippen LogP contribution in [-0.2, 0) is 19.1 Å². The fourth-order valence-corrected chi connectivity index (χ4v) is 4.72. The molecule has 1 atom stereocenters. The number of anilines is 1. The SMILES string of the molecule is O=C1CCC(N2C(=O)c3cccc(NCCOCCOCCNSC4CNC4)c3C2=O)C(=O)N1. The minimum absolute atomic E-state index is 0.0869. The molecule has 12 heteroatoms. The highest BCUT2D eigenvalue weighted by atomic mass is 32.2. The summed E-state index contributed by atoms with van der Waals surface area (Å²) in [6.07, 6.45) is 0.214. The third kappa shape index (κ3) is 5.76. The van der Waals surface area contributed by atoms with Crippen LogP contribution in [0, 0.1) is 0 Å². The van der Waals surface area contributed by atoms with Crippen LogP contribution in [0.5, 0.6) is 0 Å². The smallest absolute Gasteiger partial charge is 0.264 e. The molecule has 0 aromatic heterocycles. The molecule has 34 heavy (non-hydrogen) atoms. The molecule has 3 aliphatic rings. The molecule has 4 rings (SSSR count). The molecule has 0 radical (unpaired) electrons. The van der Waals surface area contributed by atoms with Crippen LogP contribution >= 0.6 is 11.9 Å². The molecule has 184 valence electrons. The molecule has 2 saturated heterocycles. The zero-order valence-corrected chi connectivity index (χ0v) is 19.6. The number of ether oxygens (including phenoxy) is 2. The van der Waals surface area contributed by atoms with Crippen molar-refractivity contribution in [3.63, 3.8) is 0 Å². The standard InChI is InChI=1S/C22H29N5O6S/c28-18-5-4-17(20(29)26-18)27-21(30)15-2-1-3-16(19(15)22(27)31)24-6-8-32-10-11-33-9-7-25-34-14-12-23-13-14/h1-3,14,17,23-25H,4-13H2,(H,26,28,29). The summed E-state index contributed by atoms with van der Waals surface area (Å²) in [5, 5.41) is 9.21. The molecular formula is C22H29N5O6S. The lowest BCUT2D eigenvalue weighted by Crippen LogP contribution is -2.54. The Kier molecular flexibility index (Phi) is 8.51. The van der Waals surface area contributed by atoms with E-state index >= 15 is 0 Å². The Morgan fingerprint density at radius 2 is 1.76 bits per heavy atom. The van der Waals surface area contributed by atoms with Gasteiger partial charge in [-0.25, -0.2) is 0 Å². The number of fused-ring (bicyclic) bond motifs is 1. The molecule has 3 heterocycles. The number of amides is 4. The number of piperidine rings is 1. The van der Waals surface area contributed by atoms with Crippen molar-refractivity contribution >= 4 is 41.3 Å². The number of nitrogens with one attached hydrogen (secondary N) is 4. The highest BCUT2D eigenvalue weighted by molar-refractivity contribution is 7.98. The number of nitrogens with zero attached hydrogens (tertiary/aromatic N) is 1. The van der Waals surface area contributed by atoms with Gasteiger partial charge in [0.05, 0.1) is 37.6 Å². The monoisotopic (exact) mass is 491 g/mol. The zero-order chi connectivity index (χ0) is 23.9. The fourth-order valence-electron chi connectivity index (χ4n) is 3.88. The number of hydrogen-bond donors (Lipinski definition) is 4. The third-order valence-corrected chi connectivity index (χ3v) is 6.78. The van der Waals surface area contributed by atoms with Crippen molar-refractivity contribution in [2.75, 3.05) is 57.9 Å². The van der Waals surface area contributed by atoms with Gasteiger partial charge in [0.2, 0.25) is 11.8 Å². The predicted octanol–water partition coefficient (Wildman–Crippen LogP) is -0.257. The molecule has 11 nitrogen and oxygen atoms in total. The van der Waals surface area contributed by atoms with Crippen molar-refractivity contribution in [2.45, 2.75) is 24.1 Å². The minimum atomic E-state index is -0.981. The lowest BCUT2D eigenvalue weighted by Gasteiger charge is -2.27. The van der Waals surface area contributed by atoms with E-state index in [1.54, 1.807) is 30.1 Å². The second kappa shape index (κ2) is 11.8. The minimum Gasteiger partial charge on any atom is -0.382 e. The number of hydrogen-bond acceptors (Lipinski definition) is 10. The van der Waals surface area contributed by atoms with Crippen molar-refractivity contribution in [3.8, 4) is 0 Å². The Morgan fingerprint density at radius 1 is 1.00 bits per heavy atom. The summed E-state index contributed by atoms with van der Waals surface area (Å²) in [5.41, 5.74) is 0.994. The maximum absolute atomic E-state index is 13.0. The first-order valence-corrected chi connectivity index (χ1v) is 12.3. The Balaban J connectivity index is 1.17. The summed E-state index contributed by atoms with van der Waals surface area (Å²) < 4.78 is 14.4. The number of rotatable bonds is 13. The number of carbonyl (C=O) groups excluding carboxylic acids is 4. The van der Waals surface area contributed by atoms with E-state index in [1.807, 2.05) is 0 Å². The summed E-state index contributed by atoms with van der Waals surface area (Å²) >= 11 is 1.74. The van der Waals surface area contributed by atoms with E-state index in [0.717, 1.165) is 24.5 Å². The summed E-state index contributed by atoms with van der Waals surface area (Å²) in [7, 11) is 0.